The van der Waals surface area contributed by atoms with E-state index in [9.17, 15) is 5.11 Å². The summed E-state index contributed by atoms with van der Waals surface area (Å²) in [5, 5.41) is 13.7. The molecular weight excluding hydrogens is 242 g/mol. The molecule has 3 rings (SSSR count). The summed E-state index contributed by atoms with van der Waals surface area (Å²) in [6, 6.07) is 0.455. The van der Waals surface area contributed by atoms with Gasteiger partial charge in [-0.05, 0) is 45.6 Å². The van der Waals surface area contributed by atoms with E-state index in [2.05, 4.69) is 15.0 Å². The molecule has 1 aliphatic heterocycles. The second-order valence-corrected chi connectivity index (χ2v) is 6.03. The fourth-order valence-electron chi connectivity index (χ4n) is 2.94. The predicted octanol–water partition coefficient (Wildman–Crippen LogP) is 2.07. The summed E-state index contributed by atoms with van der Waals surface area (Å²) in [5.41, 5.74) is 0. The van der Waals surface area contributed by atoms with Gasteiger partial charge < -0.3 is 9.63 Å². The quantitative estimate of drug-likeness (QED) is 0.883. The molecule has 1 N–H and O–H groups in total. The van der Waals surface area contributed by atoms with Crippen molar-refractivity contribution in [2.45, 2.75) is 70.1 Å². The first kappa shape index (κ1) is 13.1. The Hall–Kier alpha value is -0.940. The van der Waals surface area contributed by atoms with Crippen molar-refractivity contribution < 1.29 is 9.63 Å². The van der Waals surface area contributed by atoms with Crippen LogP contribution in [0.4, 0.5) is 0 Å². The van der Waals surface area contributed by atoms with Crippen molar-refractivity contribution >= 4 is 0 Å². The second kappa shape index (κ2) is 5.59. The maximum Gasteiger partial charge on any atom is 0.229 e. The molecule has 2 aliphatic rings. The highest BCUT2D eigenvalue weighted by Crippen LogP contribution is 2.38. The van der Waals surface area contributed by atoms with Gasteiger partial charge in [0.15, 0.2) is 5.82 Å². The third-order valence-corrected chi connectivity index (χ3v) is 4.12. The molecule has 2 heterocycles. The van der Waals surface area contributed by atoms with Crippen LogP contribution in [0.15, 0.2) is 4.52 Å². The van der Waals surface area contributed by atoms with Gasteiger partial charge >= 0.3 is 0 Å². The number of rotatable bonds is 5. The Labute approximate surface area is 114 Å². The average Bonchev–Trinajstić information content (AvgIpc) is 3.12. The van der Waals surface area contributed by atoms with Crippen molar-refractivity contribution in [1.82, 2.24) is 15.0 Å². The number of aliphatic hydroxyl groups excluding tert-OH is 1. The third-order valence-electron chi connectivity index (χ3n) is 4.12. The van der Waals surface area contributed by atoms with E-state index in [4.69, 9.17) is 4.52 Å². The van der Waals surface area contributed by atoms with Gasteiger partial charge in [-0.1, -0.05) is 11.6 Å². The van der Waals surface area contributed by atoms with E-state index in [1.807, 2.05) is 6.92 Å². The lowest BCUT2D eigenvalue weighted by molar-refractivity contribution is 0.0794. The van der Waals surface area contributed by atoms with Crippen LogP contribution in [0.2, 0.25) is 0 Å². The fraction of sp³-hybridized carbons (Fsp3) is 0.857. The predicted molar refractivity (Wildman–Crippen MR) is 70.6 cm³/mol. The van der Waals surface area contributed by atoms with E-state index in [0.29, 0.717) is 12.0 Å². The number of aliphatic hydroxyl groups is 1. The first-order valence-electron chi connectivity index (χ1n) is 7.47. The van der Waals surface area contributed by atoms with Crippen LogP contribution in [0, 0.1) is 0 Å². The van der Waals surface area contributed by atoms with Crippen molar-refractivity contribution in [1.29, 1.82) is 0 Å². The van der Waals surface area contributed by atoms with Crippen LogP contribution >= 0.6 is 0 Å². The zero-order chi connectivity index (χ0) is 13.2. The lowest BCUT2D eigenvalue weighted by Crippen LogP contribution is -2.40. The van der Waals surface area contributed by atoms with Crippen LogP contribution < -0.4 is 0 Å². The largest absolute Gasteiger partial charge is 0.393 e. The molecule has 0 bridgehead atoms. The lowest BCUT2D eigenvalue weighted by Gasteiger charge is -2.35. The second-order valence-electron chi connectivity index (χ2n) is 6.03. The van der Waals surface area contributed by atoms with Gasteiger partial charge in [0.2, 0.25) is 5.89 Å². The zero-order valence-electron chi connectivity index (χ0n) is 11.6. The van der Waals surface area contributed by atoms with Gasteiger partial charge in [0.05, 0.1) is 12.6 Å². The highest BCUT2D eigenvalue weighted by molar-refractivity contribution is 5.02. The van der Waals surface area contributed by atoms with Crippen LogP contribution in [-0.2, 0) is 6.54 Å². The minimum Gasteiger partial charge on any atom is -0.393 e. The van der Waals surface area contributed by atoms with Gasteiger partial charge in [-0.3, -0.25) is 4.90 Å². The van der Waals surface area contributed by atoms with E-state index in [-0.39, 0.29) is 6.10 Å². The number of hydrogen-bond donors (Lipinski definition) is 1. The Morgan fingerprint density at radius 3 is 2.95 bits per heavy atom. The molecule has 1 aromatic rings. The number of aromatic nitrogens is 2. The zero-order valence-corrected chi connectivity index (χ0v) is 11.6. The summed E-state index contributed by atoms with van der Waals surface area (Å²) in [4.78, 5) is 6.90. The Bertz CT molecular complexity index is 415. The van der Waals surface area contributed by atoms with Crippen LogP contribution in [0.1, 0.15) is 63.1 Å². The molecule has 5 heteroatoms. The fourth-order valence-corrected chi connectivity index (χ4v) is 2.94. The molecule has 106 valence electrons. The minimum atomic E-state index is -0.238. The summed E-state index contributed by atoms with van der Waals surface area (Å²) in [6.07, 6.45) is 6.63. The van der Waals surface area contributed by atoms with Crippen molar-refractivity contribution in [3.63, 3.8) is 0 Å². The molecule has 19 heavy (non-hydrogen) atoms. The molecule has 1 aliphatic carbocycles. The number of likely N-dealkylation sites (tertiary alicyclic amines) is 1. The average molecular weight is 265 g/mol. The van der Waals surface area contributed by atoms with E-state index < -0.39 is 0 Å². The van der Waals surface area contributed by atoms with Crippen molar-refractivity contribution in [3.05, 3.63) is 11.7 Å². The molecule has 2 fully saturated rings. The Morgan fingerprint density at radius 2 is 2.21 bits per heavy atom. The molecule has 5 nitrogen and oxygen atoms in total. The Kier molecular flexibility index (Phi) is 3.84. The smallest absolute Gasteiger partial charge is 0.229 e. The molecule has 1 aromatic heterocycles. The van der Waals surface area contributed by atoms with Crippen molar-refractivity contribution in [2.24, 2.45) is 0 Å². The van der Waals surface area contributed by atoms with Crippen LogP contribution in [-0.4, -0.2) is 38.8 Å². The highest BCUT2D eigenvalue weighted by atomic mass is 16.5. The van der Waals surface area contributed by atoms with Gasteiger partial charge in [-0.2, -0.15) is 4.98 Å². The maximum absolute atomic E-state index is 9.60. The van der Waals surface area contributed by atoms with E-state index in [0.717, 1.165) is 37.6 Å². The van der Waals surface area contributed by atoms with Gasteiger partial charge in [-0.25, -0.2) is 0 Å². The standard InChI is InChI=1S/C14H23N3O2/c1-10(18)8-12-4-2-3-7-17(12)9-13-15-14(19-16-13)11-5-6-11/h10-12,18H,2-9H2,1H3. The SMILES string of the molecule is CC(O)CC1CCCCN1Cc1noc(C2CC2)n1. The van der Waals surface area contributed by atoms with E-state index in [1.165, 1.54) is 25.7 Å². The van der Waals surface area contributed by atoms with E-state index in [1.54, 1.807) is 0 Å². The molecule has 0 spiro atoms. The van der Waals surface area contributed by atoms with Crippen molar-refractivity contribution in [2.75, 3.05) is 6.54 Å². The molecule has 0 radical (unpaired) electrons. The molecule has 0 amide bonds. The summed E-state index contributed by atoms with van der Waals surface area (Å²) in [6.45, 7) is 3.70. The third kappa shape index (κ3) is 3.34. The summed E-state index contributed by atoms with van der Waals surface area (Å²) < 4.78 is 5.31. The summed E-state index contributed by atoms with van der Waals surface area (Å²) in [7, 11) is 0. The minimum absolute atomic E-state index is 0.238. The summed E-state index contributed by atoms with van der Waals surface area (Å²) in [5.74, 6) is 2.15. The Balaban J connectivity index is 1.61. The van der Waals surface area contributed by atoms with Crippen LogP contribution in [0.5, 0.6) is 0 Å². The first-order chi connectivity index (χ1) is 9.22. The van der Waals surface area contributed by atoms with E-state index >= 15 is 0 Å². The first-order valence-corrected chi connectivity index (χ1v) is 7.47. The molecule has 1 saturated carbocycles. The molecule has 2 unspecified atom stereocenters. The highest BCUT2D eigenvalue weighted by Gasteiger charge is 2.30. The van der Waals surface area contributed by atoms with Crippen LogP contribution in [0.3, 0.4) is 0 Å². The monoisotopic (exact) mass is 265 g/mol. The van der Waals surface area contributed by atoms with Crippen LogP contribution in [0.25, 0.3) is 0 Å². The maximum atomic E-state index is 9.60. The number of hydrogen-bond acceptors (Lipinski definition) is 5. The van der Waals surface area contributed by atoms with Gasteiger partial charge in [-0.15, -0.1) is 0 Å². The molecule has 0 aromatic carbocycles. The van der Waals surface area contributed by atoms with Gasteiger partial charge in [0.1, 0.15) is 0 Å². The lowest BCUT2D eigenvalue weighted by atomic mass is 9.97. The van der Waals surface area contributed by atoms with Gasteiger partial charge in [0, 0.05) is 12.0 Å². The van der Waals surface area contributed by atoms with Gasteiger partial charge in [0.25, 0.3) is 0 Å². The molecular formula is C14H23N3O2. The number of piperidine rings is 1. The normalized spacial score (nSPS) is 26.5. The molecule has 1 saturated heterocycles. The Morgan fingerprint density at radius 1 is 1.37 bits per heavy atom. The molecule has 2 atom stereocenters. The van der Waals surface area contributed by atoms with Crippen molar-refractivity contribution in [3.8, 4) is 0 Å². The summed E-state index contributed by atoms with van der Waals surface area (Å²) >= 11 is 0. The topological polar surface area (TPSA) is 62.4 Å². The number of nitrogens with zero attached hydrogens (tertiary/aromatic N) is 3.